The van der Waals surface area contributed by atoms with Gasteiger partial charge in [0.15, 0.2) is 56.5 Å². The van der Waals surface area contributed by atoms with Crippen LogP contribution in [0.2, 0.25) is 0 Å². The molecule has 0 radical (unpaired) electrons. The van der Waals surface area contributed by atoms with Crippen LogP contribution < -0.4 is 58.2 Å². The highest BCUT2D eigenvalue weighted by Gasteiger charge is 2.23. The van der Waals surface area contributed by atoms with E-state index in [1.54, 1.807) is 62.8 Å². The number of ether oxygens (including phenoxy) is 10. The van der Waals surface area contributed by atoms with Crippen molar-refractivity contribution in [3.8, 4) is 80.1 Å². The fourth-order valence-corrected chi connectivity index (χ4v) is 5.79. The molecule has 54 heavy (non-hydrogen) atoms. The first kappa shape index (κ1) is 38.5. The van der Waals surface area contributed by atoms with Crippen LogP contribution in [0, 0.1) is 0 Å². The summed E-state index contributed by atoms with van der Waals surface area (Å²) < 4.78 is 65.4. The normalized spacial score (nSPS) is 10.6. The van der Waals surface area contributed by atoms with Crippen molar-refractivity contribution in [1.82, 2.24) is 0 Å². The lowest BCUT2D eigenvalue weighted by atomic mass is 10.1. The standard InChI is InChI=1S/2C20H20O7/c2*1-22-13-7-6-11(8-15(13)23-2)14-9-12(21)18-16(24-3)10-17(25-4)19(26-5)20(18)27-14/h2*6-10H,1-5H3. The van der Waals surface area contributed by atoms with Crippen LogP contribution in [0.5, 0.6) is 57.5 Å². The van der Waals surface area contributed by atoms with Crippen molar-refractivity contribution in [2.24, 2.45) is 0 Å². The van der Waals surface area contributed by atoms with Gasteiger partial charge >= 0.3 is 0 Å². The Hall–Kier alpha value is -6.70. The van der Waals surface area contributed by atoms with Gasteiger partial charge in [-0.15, -0.1) is 0 Å². The Labute approximate surface area is 310 Å². The zero-order valence-electron chi connectivity index (χ0n) is 31.5. The van der Waals surface area contributed by atoms with Gasteiger partial charge in [0.2, 0.25) is 11.5 Å². The molecule has 2 aromatic heterocycles. The molecule has 14 nitrogen and oxygen atoms in total. The molecule has 284 valence electrons. The summed E-state index contributed by atoms with van der Waals surface area (Å²) in [5.41, 5.74) is 1.25. The molecule has 0 bridgehead atoms. The lowest BCUT2D eigenvalue weighted by Crippen LogP contribution is -2.05. The lowest BCUT2D eigenvalue weighted by Gasteiger charge is -2.14. The molecular weight excluding hydrogens is 704 g/mol. The quantitative estimate of drug-likeness (QED) is 0.126. The summed E-state index contributed by atoms with van der Waals surface area (Å²) in [6.07, 6.45) is 0. The monoisotopic (exact) mass is 744 g/mol. The van der Waals surface area contributed by atoms with Crippen LogP contribution >= 0.6 is 0 Å². The zero-order chi connectivity index (χ0) is 39.1. The SMILES string of the molecule is COc1ccc(-c2cc(=O)c3c(OC)cc(OC)c(OC)c3o2)cc1OC.COc1ccc(-c2cc(=O)c3c(OC)cc(OC)c(OC)c3o2)cc1OC. The number of rotatable bonds is 12. The topological polar surface area (TPSA) is 153 Å². The van der Waals surface area contributed by atoms with Crippen LogP contribution in [0.25, 0.3) is 44.6 Å². The van der Waals surface area contributed by atoms with Gasteiger partial charge in [0.1, 0.15) is 33.8 Å². The fraction of sp³-hybridized carbons (Fsp3) is 0.250. The summed E-state index contributed by atoms with van der Waals surface area (Å²) in [7, 11) is 15.1. The summed E-state index contributed by atoms with van der Waals surface area (Å²) in [4.78, 5) is 25.6. The van der Waals surface area contributed by atoms with E-state index in [0.717, 1.165) is 0 Å². The minimum Gasteiger partial charge on any atom is -0.496 e. The second-order valence-electron chi connectivity index (χ2n) is 11.1. The molecule has 6 rings (SSSR count). The highest BCUT2D eigenvalue weighted by molar-refractivity contribution is 5.93. The molecule has 0 saturated heterocycles. The largest absolute Gasteiger partial charge is 0.496 e. The number of hydrogen-bond acceptors (Lipinski definition) is 14. The maximum atomic E-state index is 12.8. The molecule has 0 atom stereocenters. The Bertz CT molecular complexity index is 2240. The van der Waals surface area contributed by atoms with Crippen molar-refractivity contribution in [3.05, 3.63) is 81.1 Å². The van der Waals surface area contributed by atoms with Gasteiger partial charge in [0.25, 0.3) is 0 Å². The number of methoxy groups -OCH3 is 10. The van der Waals surface area contributed by atoms with Gasteiger partial charge in [0, 0.05) is 35.4 Å². The molecule has 0 N–H and O–H groups in total. The van der Waals surface area contributed by atoms with Crippen molar-refractivity contribution >= 4 is 21.9 Å². The van der Waals surface area contributed by atoms with Crippen molar-refractivity contribution < 1.29 is 56.2 Å². The molecule has 0 aliphatic carbocycles. The molecule has 6 aromatic rings. The predicted molar refractivity (Wildman–Crippen MR) is 201 cm³/mol. The maximum Gasteiger partial charge on any atom is 0.205 e. The summed E-state index contributed by atoms with van der Waals surface area (Å²) >= 11 is 0. The Morgan fingerprint density at radius 1 is 0.352 bits per heavy atom. The van der Waals surface area contributed by atoms with Crippen LogP contribution in [0.15, 0.2) is 79.1 Å². The summed E-state index contributed by atoms with van der Waals surface area (Å²) in [5.74, 6) is 5.00. The average molecular weight is 745 g/mol. The Morgan fingerprint density at radius 3 is 0.981 bits per heavy atom. The summed E-state index contributed by atoms with van der Waals surface area (Å²) in [6, 6.07) is 16.5. The minimum absolute atomic E-state index is 0.242. The van der Waals surface area contributed by atoms with Gasteiger partial charge in [-0.1, -0.05) is 0 Å². The second kappa shape index (κ2) is 16.8. The van der Waals surface area contributed by atoms with Crippen LogP contribution in [-0.2, 0) is 0 Å². The highest BCUT2D eigenvalue weighted by Crippen LogP contribution is 2.43. The molecule has 2 heterocycles. The third kappa shape index (κ3) is 7.18. The second-order valence-corrected chi connectivity index (χ2v) is 11.1. The molecule has 0 spiro atoms. The van der Waals surface area contributed by atoms with E-state index in [2.05, 4.69) is 0 Å². The molecule has 14 heteroatoms. The first-order valence-corrected chi connectivity index (χ1v) is 16.1. The van der Waals surface area contributed by atoms with Crippen LogP contribution in [-0.4, -0.2) is 71.1 Å². The van der Waals surface area contributed by atoms with Gasteiger partial charge in [-0.2, -0.15) is 0 Å². The van der Waals surface area contributed by atoms with Crippen LogP contribution in [0.1, 0.15) is 0 Å². The third-order valence-electron chi connectivity index (χ3n) is 8.40. The van der Waals surface area contributed by atoms with E-state index in [0.29, 0.717) is 80.1 Å². The van der Waals surface area contributed by atoms with Crippen molar-refractivity contribution in [3.63, 3.8) is 0 Å². The highest BCUT2D eigenvalue weighted by atomic mass is 16.5. The summed E-state index contributed by atoms with van der Waals surface area (Å²) in [5, 5.41) is 0.554. The minimum atomic E-state index is -0.265. The Balaban J connectivity index is 0.000000208. The van der Waals surface area contributed by atoms with Gasteiger partial charge in [-0.25, -0.2) is 0 Å². The Kier molecular flexibility index (Phi) is 12.0. The molecular formula is C40H40O14. The van der Waals surface area contributed by atoms with E-state index in [9.17, 15) is 9.59 Å². The zero-order valence-corrected chi connectivity index (χ0v) is 31.5. The maximum absolute atomic E-state index is 12.8. The van der Waals surface area contributed by atoms with Gasteiger partial charge in [0.05, 0.1) is 71.1 Å². The van der Waals surface area contributed by atoms with E-state index in [-0.39, 0.29) is 32.8 Å². The van der Waals surface area contributed by atoms with E-state index in [1.807, 2.05) is 0 Å². The van der Waals surface area contributed by atoms with Crippen LogP contribution in [0.3, 0.4) is 0 Å². The van der Waals surface area contributed by atoms with Crippen molar-refractivity contribution in [2.75, 3.05) is 71.1 Å². The van der Waals surface area contributed by atoms with E-state index in [4.69, 9.17) is 56.2 Å². The molecule has 0 aliphatic heterocycles. The predicted octanol–water partition coefficient (Wildman–Crippen LogP) is 7.01. The van der Waals surface area contributed by atoms with E-state index >= 15 is 0 Å². The van der Waals surface area contributed by atoms with Crippen LogP contribution in [0.4, 0.5) is 0 Å². The number of hydrogen-bond donors (Lipinski definition) is 0. The first-order chi connectivity index (χ1) is 26.1. The van der Waals surface area contributed by atoms with Crippen molar-refractivity contribution in [1.29, 1.82) is 0 Å². The number of fused-ring (bicyclic) bond motifs is 2. The molecule has 0 aliphatic rings. The smallest absolute Gasteiger partial charge is 0.205 e. The lowest BCUT2D eigenvalue weighted by molar-refractivity contribution is 0.348. The molecule has 4 aromatic carbocycles. The molecule has 0 fully saturated rings. The summed E-state index contributed by atoms with van der Waals surface area (Å²) in [6.45, 7) is 0. The van der Waals surface area contributed by atoms with Gasteiger partial charge in [-0.3, -0.25) is 9.59 Å². The van der Waals surface area contributed by atoms with Gasteiger partial charge in [-0.05, 0) is 36.4 Å². The molecule has 0 unspecified atom stereocenters. The Morgan fingerprint density at radius 2 is 0.685 bits per heavy atom. The third-order valence-corrected chi connectivity index (χ3v) is 8.40. The van der Waals surface area contributed by atoms with E-state index < -0.39 is 0 Å². The van der Waals surface area contributed by atoms with Gasteiger partial charge < -0.3 is 56.2 Å². The fourth-order valence-electron chi connectivity index (χ4n) is 5.79. The molecule has 0 amide bonds. The first-order valence-electron chi connectivity index (χ1n) is 16.1. The number of benzene rings is 4. The van der Waals surface area contributed by atoms with Crippen molar-refractivity contribution in [2.45, 2.75) is 0 Å². The molecule has 0 saturated carbocycles. The van der Waals surface area contributed by atoms with E-state index in [1.165, 1.54) is 69.0 Å². The average Bonchev–Trinajstić information content (AvgIpc) is 3.21.